The minimum absolute atomic E-state index is 0.112. The lowest BCUT2D eigenvalue weighted by molar-refractivity contribution is -0.248. The third-order valence-electron chi connectivity index (χ3n) is 9.75. The Labute approximate surface area is 163 Å². The van der Waals surface area contributed by atoms with Crippen LogP contribution in [0.1, 0.15) is 78.6 Å². The van der Waals surface area contributed by atoms with Gasteiger partial charge in [0, 0.05) is 18.8 Å². The van der Waals surface area contributed by atoms with Crippen LogP contribution in [0.15, 0.2) is 0 Å². The van der Waals surface area contributed by atoms with E-state index in [-0.39, 0.29) is 23.3 Å². The van der Waals surface area contributed by atoms with Crippen LogP contribution < -0.4 is 0 Å². The van der Waals surface area contributed by atoms with Crippen molar-refractivity contribution in [2.75, 3.05) is 13.2 Å². The molecule has 27 heavy (non-hydrogen) atoms. The Balaban J connectivity index is 1.37. The zero-order valence-electron chi connectivity index (χ0n) is 17.3. The van der Waals surface area contributed by atoms with Crippen LogP contribution in [0.2, 0.25) is 0 Å². The van der Waals surface area contributed by atoms with E-state index in [9.17, 15) is 4.79 Å². The highest BCUT2D eigenvalue weighted by molar-refractivity contribution is 5.66. The topological polar surface area (TPSA) is 44.8 Å². The maximum absolute atomic E-state index is 11.4. The van der Waals surface area contributed by atoms with E-state index >= 15 is 0 Å². The van der Waals surface area contributed by atoms with E-state index in [0.29, 0.717) is 5.41 Å². The highest BCUT2D eigenvalue weighted by Crippen LogP contribution is 2.69. The van der Waals surface area contributed by atoms with Crippen LogP contribution in [-0.4, -0.2) is 31.1 Å². The van der Waals surface area contributed by atoms with Crippen molar-refractivity contribution in [1.82, 2.24) is 0 Å². The Hall–Kier alpha value is -0.610. The van der Waals surface area contributed by atoms with Gasteiger partial charge in [-0.05, 0) is 80.5 Å². The first-order chi connectivity index (χ1) is 12.9. The zero-order chi connectivity index (χ0) is 18.9. The molecule has 4 heteroatoms. The molecule has 4 saturated carbocycles. The number of fused-ring (bicyclic) bond motifs is 6. The van der Waals surface area contributed by atoms with Crippen molar-refractivity contribution in [3.05, 3.63) is 0 Å². The number of hydrogen-bond donors (Lipinski definition) is 0. The van der Waals surface area contributed by atoms with Crippen LogP contribution in [0.3, 0.4) is 0 Å². The number of rotatable bonds is 1. The van der Waals surface area contributed by atoms with Crippen molar-refractivity contribution in [3.8, 4) is 0 Å². The highest BCUT2D eigenvalue weighted by atomic mass is 16.7. The lowest BCUT2D eigenvalue weighted by Gasteiger charge is -2.61. The molecule has 4 aliphatic carbocycles. The minimum atomic E-state index is -0.284. The Morgan fingerprint density at radius 3 is 2.41 bits per heavy atom. The summed E-state index contributed by atoms with van der Waals surface area (Å²) < 4.78 is 18.1. The number of carbonyl (C=O) groups is 1. The second kappa shape index (κ2) is 6.19. The van der Waals surface area contributed by atoms with Gasteiger partial charge in [-0.3, -0.25) is 4.79 Å². The molecule has 0 aromatic heterocycles. The molecule has 4 nitrogen and oxygen atoms in total. The average Bonchev–Trinajstić information content (AvgIpc) is 3.21. The van der Waals surface area contributed by atoms with Crippen LogP contribution in [0.5, 0.6) is 0 Å². The predicted octanol–water partition coefficient (Wildman–Crippen LogP) is 4.70. The molecule has 1 heterocycles. The van der Waals surface area contributed by atoms with Gasteiger partial charge in [0.1, 0.15) is 6.10 Å². The van der Waals surface area contributed by atoms with Crippen molar-refractivity contribution < 1.29 is 19.0 Å². The SMILES string of the molecule is CC(=O)O[C@H]1CC[C@@]2(C)C(CC[C@@H]3[C@@H]2CC[C@@]2(C)[C@H]3CCC23OCCO3)C1. The van der Waals surface area contributed by atoms with Crippen molar-refractivity contribution >= 4 is 5.97 Å². The summed E-state index contributed by atoms with van der Waals surface area (Å²) in [5.74, 6) is 2.71. The second-order valence-corrected chi connectivity index (χ2v) is 10.6. The molecule has 5 fully saturated rings. The summed E-state index contributed by atoms with van der Waals surface area (Å²) in [5, 5.41) is 0. The van der Waals surface area contributed by atoms with Gasteiger partial charge < -0.3 is 14.2 Å². The predicted molar refractivity (Wildman–Crippen MR) is 102 cm³/mol. The third kappa shape index (κ3) is 2.51. The van der Waals surface area contributed by atoms with E-state index in [0.717, 1.165) is 56.1 Å². The van der Waals surface area contributed by atoms with Gasteiger partial charge in [0.15, 0.2) is 5.79 Å². The van der Waals surface area contributed by atoms with Crippen LogP contribution in [-0.2, 0) is 19.0 Å². The maximum Gasteiger partial charge on any atom is 0.302 e. The summed E-state index contributed by atoms with van der Waals surface area (Å²) in [6, 6.07) is 0. The average molecular weight is 377 g/mol. The van der Waals surface area contributed by atoms with Gasteiger partial charge in [-0.2, -0.15) is 0 Å². The summed E-state index contributed by atoms with van der Waals surface area (Å²) in [6.07, 6.45) is 11.1. The van der Waals surface area contributed by atoms with Crippen molar-refractivity contribution in [1.29, 1.82) is 0 Å². The molecule has 0 aromatic rings. The van der Waals surface area contributed by atoms with Gasteiger partial charge in [0.05, 0.1) is 13.2 Å². The first-order valence-corrected chi connectivity index (χ1v) is 11.3. The first kappa shape index (κ1) is 18.4. The van der Waals surface area contributed by atoms with E-state index < -0.39 is 0 Å². The summed E-state index contributed by atoms with van der Waals surface area (Å²) in [7, 11) is 0. The fourth-order valence-electron chi connectivity index (χ4n) is 8.45. The van der Waals surface area contributed by atoms with Crippen LogP contribution in [0.4, 0.5) is 0 Å². The molecule has 0 bridgehead atoms. The molecule has 1 unspecified atom stereocenters. The Bertz CT molecular complexity index is 611. The molecule has 1 saturated heterocycles. The van der Waals surface area contributed by atoms with E-state index in [1.165, 1.54) is 38.5 Å². The number of carbonyl (C=O) groups excluding carboxylic acids is 1. The highest BCUT2D eigenvalue weighted by Gasteiger charge is 2.67. The zero-order valence-corrected chi connectivity index (χ0v) is 17.3. The summed E-state index contributed by atoms with van der Waals surface area (Å²) >= 11 is 0. The summed E-state index contributed by atoms with van der Waals surface area (Å²) in [5.41, 5.74) is 0.622. The molecular weight excluding hydrogens is 340 g/mol. The van der Waals surface area contributed by atoms with Crippen LogP contribution in [0.25, 0.3) is 0 Å². The number of hydrogen-bond acceptors (Lipinski definition) is 4. The summed E-state index contributed by atoms with van der Waals surface area (Å²) in [6.45, 7) is 8.13. The van der Waals surface area contributed by atoms with E-state index in [2.05, 4.69) is 13.8 Å². The number of esters is 1. The standard InChI is InChI=1S/C23H36O4/c1-15(24)27-17-6-9-21(2)16(14-17)4-5-18-19(21)7-10-22(3)20(18)8-11-23(22)25-12-13-26-23/h16-20H,4-14H2,1-3H3/t16?,17-,18+,19-,20-,21-,22-/m0/s1. The van der Waals surface area contributed by atoms with Gasteiger partial charge in [0.2, 0.25) is 0 Å². The van der Waals surface area contributed by atoms with E-state index in [1.54, 1.807) is 6.92 Å². The molecule has 0 aromatic carbocycles. The molecule has 0 N–H and O–H groups in total. The molecule has 1 spiro atoms. The molecule has 5 aliphatic rings. The van der Waals surface area contributed by atoms with Crippen LogP contribution >= 0.6 is 0 Å². The van der Waals surface area contributed by atoms with Gasteiger partial charge in [0.25, 0.3) is 0 Å². The maximum atomic E-state index is 11.4. The molecule has 0 radical (unpaired) electrons. The van der Waals surface area contributed by atoms with Crippen molar-refractivity contribution in [3.63, 3.8) is 0 Å². The Morgan fingerprint density at radius 2 is 1.67 bits per heavy atom. The van der Waals surface area contributed by atoms with E-state index in [4.69, 9.17) is 14.2 Å². The molecule has 152 valence electrons. The lowest BCUT2D eigenvalue weighted by atomic mass is 9.45. The number of ether oxygens (including phenoxy) is 3. The molecule has 5 rings (SSSR count). The minimum Gasteiger partial charge on any atom is -0.463 e. The monoisotopic (exact) mass is 376 g/mol. The Morgan fingerprint density at radius 1 is 0.926 bits per heavy atom. The van der Waals surface area contributed by atoms with E-state index in [1.807, 2.05) is 0 Å². The first-order valence-electron chi connectivity index (χ1n) is 11.3. The van der Waals surface area contributed by atoms with Crippen molar-refractivity contribution in [2.45, 2.75) is 90.4 Å². The van der Waals surface area contributed by atoms with Gasteiger partial charge in [-0.25, -0.2) is 0 Å². The van der Waals surface area contributed by atoms with Gasteiger partial charge in [-0.15, -0.1) is 0 Å². The fraction of sp³-hybridized carbons (Fsp3) is 0.957. The normalized spacial score (nSPS) is 50.7. The quantitative estimate of drug-likeness (QED) is 0.622. The van der Waals surface area contributed by atoms with Crippen LogP contribution in [0, 0.1) is 34.5 Å². The molecule has 7 atom stereocenters. The van der Waals surface area contributed by atoms with Gasteiger partial charge in [-0.1, -0.05) is 13.8 Å². The van der Waals surface area contributed by atoms with Crippen molar-refractivity contribution in [2.24, 2.45) is 34.5 Å². The lowest BCUT2D eigenvalue weighted by Crippen LogP contribution is -2.57. The fourth-order valence-corrected chi connectivity index (χ4v) is 8.45. The largest absolute Gasteiger partial charge is 0.463 e. The molecule has 0 amide bonds. The molecular formula is C23H36O4. The smallest absolute Gasteiger partial charge is 0.302 e. The molecule has 1 aliphatic heterocycles. The Kier molecular flexibility index (Phi) is 4.22. The van der Waals surface area contributed by atoms with Gasteiger partial charge >= 0.3 is 5.97 Å². The third-order valence-corrected chi connectivity index (χ3v) is 9.75. The summed E-state index contributed by atoms with van der Waals surface area (Å²) in [4.78, 5) is 11.4. The second-order valence-electron chi connectivity index (χ2n) is 10.6.